The standard InChI is InChI=1S/C28H33F2N5O3.ClH/c1-17-16-31-10-11-34(17)27(36)12-18-4-6-19(7-5-18)22-15-26-32-21(14-23(28(29)30)35(26)33-22)20-8-9-24(37-2)25(13-20)38-3;/h4-9,13,15,17,21,23,28,31-32H,10-12,14,16H2,1-3H3;1H/t17-,21?,23?;/m1./s1. The fourth-order valence-electron chi connectivity index (χ4n) is 5.25. The normalized spacial score (nSPS) is 20.6. The third-order valence-electron chi connectivity index (χ3n) is 7.38. The van der Waals surface area contributed by atoms with Crippen LogP contribution < -0.4 is 20.1 Å². The van der Waals surface area contributed by atoms with Crippen molar-refractivity contribution in [2.75, 3.05) is 39.2 Å². The molecule has 5 rings (SSSR count). The molecule has 11 heteroatoms. The molecule has 0 spiro atoms. The van der Waals surface area contributed by atoms with Crippen LogP contribution in [0.25, 0.3) is 11.3 Å². The quantitative estimate of drug-likeness (QED) is 0.435. The summed E-state index contributed by atoms with van der Waals surface area (Å²) in [5.41, 5.74) is 3.14. The van der Waals surface area contributed by atoms with Gasteiger partial charge in [-0.15, -0.1) is 12.4 Å². The number of nitrogens with one attached hydrogen (secondary N) is 2. The molecule has 8 nitrogen and oxygen atoms in total. The number of methoxy groups -OCH3 is 2. The number of carbonyl (C=O) groups is 1. The molecule has 1 aromatic heterocycles. The zero-order valence-corrected chi connectivity index (χ0v) is 23.0. The van der Waals surface area contributed by atoms with Crippen LogP contribution in [0, 0.1) is 0 Å². The molecule has 3 aromatic rings. The number of aromatic nitrogens is 2. The molecule has 2 aliphatic rings. The van der Waals surface area contributed by atoms with Gasteiger partial charge in [-0.05, 0) is 36.6 Å². The minimum Gasteiger partial charge on any atom is -0.493 e. The van der Waals surface area contributed by atoms with Gasteiger partial charge >= 0.3 is 0 Å². The summed E-state index contributed by atoms with van der Waals surface area (Å²) in [5.74, 6) is 1.76. The molecular formula is C28H34ClF2N5O3. The van der Waals surface area contributed by atoms with Crippen LogP contribution >= 0.6 is 12.4 Å². The lowest BCUT2D eigenvalue weighted by Gasteiger charge is -2.34. The second kappa shape index (κ2) is 12.2. The highest BCUT2D eigenvalue weighted by Gasteiger charge is 2.35. The van der Waals surface area contributed by atoms with Gasteiger partial charge < -0.3 is 25.0 Å². The molecule has 2 aromatic carbocycles. The summed E-state index contributed by atoms with van der Waals surface area (Å²) in [4.78, 5) is 14.7. The second-order valence-electron chi connectivity index (χ2n) is 9.82. The summed E-state index contributed by atoms with van der Waals surface area (Å²) in [6.07, 6.45) is -2.08. The van der Waals surface area contributed by atoms with Crippen molar-refractivity contribution in [3.05, 3.63) is 59.7 Å². The molecule has 2 unspecified atom stereocenters. The Kier molecular flexibility index (Phi) is 8.97. The summed E-state index contributed by atoms with van der Waals surface area (Å²) in [6, 6.07) is 13.6. The number of fused-ring (bicyclic) bond motifs is 1. The van der Waals surface area contributed by atoms with Gasteiger partial charge in [-0.25, -0.2) is 13.5 Å². The molecule has 2 aliphatic heterocycles. The first-order chi connectivity index (χ1) is 18.4. The van der Waals surface area contributed by atoms with E-state index in [1.54, 1.807) is 26.4 Å². The van der Waals surface area contributed by atoms with Crippen molar-refractivity contribution < 1.29 is 23.0 Å². The number of piperazine rings is 1. The zero-order valence-electron chi connectivity index (χ0n) is 22.2. The lowest BCUT2D eigenvalue weighted by Crippen LogP contribution is -2.52. The summed E-state index contributed by atoms with van der Waals surface area (Å²) in [5, 5.41) is 11.2. The van der Waals surface area contributed by atoms with Crippen molar-refractivity contribution in [1.29, 1.82) is 0 Å². The van der Waals surface area contributed by atoms with E-state index in [-0.39, 0.29) is 36.8 Å². The van der Waals surface area contributed by atoms with E-state index in [1.165, 1.54) is 4.68 Å². The Balaban J connectivity index is 0.00000353. The van der Waals surface area contributed by atoms with E-state index in [9.17, 15) is 13.6 Å². The first-order valence-corrected chi connectivity index (χ1v) is 12.8. The minimum absolute atomic E-state index is 0. The number of rotatable bonds is 7. The van der Waals surface area contributed by atoms with Gasteiger partial charge in [0.15, 0.2) is 11.5 Å². The fourth-order valence-corrected chi connectivity index (χ4v) is 5.25. The lowest BCUT2D eigenvalue weighted by atomic mass is 9.97. The number of hydrogen-bond donors (Lipinski definition) is 2. The number of ether oxygens (including phenoxy) is 2. The van der Waals surface area contributed by atoms with Crippen LogP contribution in [0.2, 0.25) is 0 Å². The smallest absolute Gasteiger partial charge is 0.260 e. The molecule has 2 N–H and O–H groups in total. The predicted octanol–water partition coefficient (Wildman–Crippen LogP) is 4.72. The number of anilines is 1. The molecule has 0 saturated carbocycles. The van der Waals surface area contributed by atoms with E-state index in [2.05, 4.69) is 15.7 Å². The maximum Gasteiger partial charge on any atom is 0.260 e. The van der Waals surface area contributed by atoms with Gasteiger partial charge in [-0.3, -0.25) is 4.79 Å². The number of benzene rings is 2. The summed E-state index contributed by atoms with van der Waals surface area (Å²) in [7, 11) is 3.10. The average Bonchev–Trinajstić information content (AvgIpc) is 3.36. The van der Waals surface area contributed by atoms with Gasteiger partial charge in [0.2, 0.25) is 5.91 Å². The van der Waals surface area contributed by atoms with Crippen LogP contribution in [-0.4, -0.2) is 66.9 Å². The molecular weight excluding hydrogens is 528 g/mol. The van der Waals surface area contributed by atoms with Crippen molar-refractivity contribution in [2.24, 2.45) is 0 Å². The molecule has 3 heterocycles. The Bertz CT molecular complexity index is 1290. The van der Waals surface area contributed by atoms with E-state index in [1.807, 2.05) is 48.2 Å². The lowest BCUT2D eigenvalue weighted by molar-refractivity contribution is -0.133. The largest absolute Gasteiger partial charge is 0.493 e. The molecule has 0 aliphatic carbocycles. The van der Waals surface area contributed by atoms with E-state index in [0.29, 0.717) is 36.0 Å². The number of halogens is 3. The second-order valence-corrected chi connectivity index (χ2v) is 9.82. The number of carbonyl (C=O) groups excluding carboxylic acids is 1. The summed E-state index contributed by atoms with van der Waals surface area (Å²) >= 11 is 0. The molecule has 1 amide bonds. The molecule has 0 bridgehead atoms. The van der Waals surface area contributed by atoms with Crippen LogP contribution in [0.5, 0.6) is 11.5 Å². The zero-order chi connectivity index (χ0) is 26.8. The van der Waals surface area contributed by atoms with Crippen LogP contribution in [0.3, 0.4) is 0 Å². The SMILES string of the molecule is COc1ccc(C2CC(C(F)F)n3nc(-c4ccc(CC(=O)N5CCNC[C@H]5C)cc4)cc3N2)cc1OC.Cl. The van der Waals surface area contributed by atoms with Crippen LogP contribution in [0.4, 0.5) is 14.6 Å². The van der Waals surface area contributed by atoms with Gasteiger partial charge in [0, 0.05) is 37.3 Å². The van der Waals surface area contributed by atoms with E-state index in [4.69, 9.17) is 9.47 Å². The third-order valence-corrected chi connectivity index (χ3v) is 7.38. The molecule has 1 saturated heterocycles. The van der Waals surface area contributed by atoms with E-state index in [0.717, 1.165) is 29.8 Å². The number of nitrogens with zero attached hydrogens (tertiary/aromatic N) is 3. The van der Waals surface area contributed by atoms with Gasteiger partial charge in [0.1, 0.15) is 11.9 Å². The van der Waals surface area contributed by atoms with Gasteiger partial charge in [0.25, 0.3) is 6.43 Å². The highest BCUT2D eigenvalue weighted by atomic mass is 35.5. The maximum absolute atomic E-state index is 14.1. The Hall–Kier alpha value is -3.37. The summed E-state index contributed by atoms with van der Waals surface area (Å²) in [6.45, 7) is 4.36. The maximum atomic E-state index is 14.1. The Morgan fingerprint density at radius 1 is 1.10 bits per heavy atom. The molecule has 210 valence electrons. The Morgan fingerprint density at radius 3 is 2.51 bits per heavy atom. The third kappa shape index (κ3) is 5.96. The molecule has 1 fully saturated rings. The molecule has 3 atom stereocenters. The van der Waals surface area contributed by atoms with Crippen LogP contribution in [0.15, 0.2) is 48.5 Å². The van der Waals surface area contributed by atoms with Crippen LogP contribution in [-0.2, 0) is 11.2 Å². The topological polar surface area (TPSA) is 80.7 Å². The summed E-state index contributed by atoms with van der Waals surface area (Å²) < 4.78 is 40.4. The highest BCUT2D eigenvalue weighted by molar-refractivity contribution is 5.85. The molecule has 0 radical (unpaired) electrons. The van der Waals surface area contributed by atoms with E-state index >= 15 is 0 Å². The Labute approximate surface area is 233 Å². The van der Waals surface area contributed by atoms with Gasteiger partial charge in [-0.2, -0.15) is 5.10 Å². The number of amides is 1. The van der Waals surface area contributed by atoms with Crippen molar-refractivity contribution >= 4 is 24.1 Å². The average molecular weight is 562 g/mol. The van der Waals surface area contributed by atoms with E-state index < -0.39 is 12.5 Å². The van der Waals surface area contributed by atoms with Crippen molar-refractivity contribution in [3.8, 4) is 22.8 Å². The molecule has 39 heavy (non-hydrogen) atoms. The first kappa shape index (κ1) is 28.6. The van der Waals surface area contributed by atoms with Gasteiger partial charge in [-0.1, -0.05) is 30.3 Å². The Morgan fingerprint density at radius 2 is 1.85 bits per heavy atom. The minimum atomic E-state index is -2.58. The highest BCUT2D eigenvalue weighted by Crippen LogP contribution is 2.41. The fraction of sp³-hybridized carbons (Fsp3) is 0.429. The predicted molar refractivity (Wildman–Crippen MR) is 148 cm³/mol. The van der Waals surface area contributed by atoms with Crippen molar-refractivity contribution in [1.82, 2.24) is 20.0 Å². The van der Waals surface area contributed by atoms with Crippen molar-refractivity contribution in [2.45, 2.75) is 44.3 Å². The number of alkyl halides is 2. The monoisotopic (exact) mass is 561 g/mol. The number of hydrogen-bond acceptors (Lipinski definition) is 6. The first-order valence-electron chi connectivity index (χ1n) is 12.8. The van der Waals surface area contributed by atoms with Crippen LogP contribution in [0.1, 0.15) is 36.6 Å². The van der Waals surface area contributed by atoms with Crippen molar-refractivity contribution in [3.63, 3.8) is 0 Å². The van der Waals surface area contributed by atoms with Gasteiger partial charge in [0.05, 0.1) is 32.4 Å².